The monoisotopic (exact) mass is 292 g/mol. The Hall–Kier alpha value is -1.87. The predicted molar refractivity (Wildman–Crippen MR) is 76.3 cm³/mol. The van der Waals surface area contributed by atoms with Gasteiger partial charge in [0.1, 0.15) is 5.82 Å². The largest absolute Gasteiger partial charge is 0.469 e. The molecule has 0 aliphatic carbocycles. The Labute approximate surface area is 122 Å². The molecule has 0 saturated heterocycles. The molecule has 0 N–H and O–H groups in total. The second kappa shape index (κ2) is 6.53. The van der Waals surface area contributed by atoms with Crippen LogP contribution in [0.5, 0.6) is 0 Å². The van der Waals surface area contributed by atoms with Gasteiger partial charge in [0.2, 0.25) is 0 Å². The lowest BCUT2D eigenvalue weighted by Gasteiger charge is -2.15. The lowest BCUT2D eigenvalue weighted by atomic mass is 9.92. The molecule has 2 aromatic rings. The Balaban J connectivity index is 2.28. The summed E-state index contributed by atoms with van der Waals surface area (Å²) in [6, 6.07) is 13.2. The highest BCUT2D eigenvalue weighted by Crippen LogP contribution is 2.24. The lowest BCUT2D eigenvalue weighted by Crippen LogP contribution is -2.17. The number of carbonyl (C=O) groups is 1. The van der Waals surface area contributed by atoms with Crippen molar-refractivity contribution in [2.75, 3.05) is 7.11 Å². The van der Waals surface area contributed by atoms with Crippen molar-refractivity contribution in [3.8, 4) is 0 Å². The van der Waals surface area contributed by atoms with E-state index in [-0.39, 0.29) is 11.8 Å². The zero-order chi connectivity index (χ0) is 14.5. The van der Waals surface area contributed by atoms with Crippen molar-refractivity contribution < 1.29 is 13.9 Å². The van der Waals surface area contributed by atoms with Gasteiger partial charge in [-0.1, -0.05) is 35.9 Å². The van der Waals surface area contributed by atoms with Crippen LogP contribution in [0.1, 0.15) is 17.0 Å². The lowest BCUT2D eigenvalue weighted by molar-refractivity contribution is -0.142. The summed E-state index contributed by atoms with van der Waals surface area (Å²) in [5.41, 5.74) is 1.54. The third-order valence-corrected chi connectivity index (χ3v) is 3.34. The van der Waals surface area contributed by atoms with E-state index in [2.05, 4.69) is 0 Å². The first-order chi connectivity index (χ1) is 9.60. The summed E-state index contributed by atoms with van der Waals surface area (Å²) in [4.78, 5) is 11.9. The summed E-state index contributed by atoms with van der Waals surface area (Å²) < 4.78 is 18.1. The summed E-state index contributed by atoms with van der Waals surface area (Å²) in [6.07, 6.45) is 0.438. The molecule has 0 aliphatic heterocycles. The molecule has 0 bridgehead atoms. The molecule has 0 radical (unpaired) electrons. The van der Waals surface area contributed by atoms with Gasteiger partial charge in [0.05, 0.1) is 13.0 Å². The Kier molecular flexibility index (Phi) is 4.74. The molecule has 2 nitrogen and oxygen atoms in total. The molecule has 0 aliphatic rings. The summed E-state index contributed by atoms with van der Waals surface area (Å²) in [5.74, 6) is -1.28. The van der Waals surface area contributed by atoms with Crippen LogP contribution in [0.2, 0.25) is 5.02 Å². The van der Waals surface area contributed by atoms with Gasteiger partial charge in [-0.15, -0.1) is 0 Å². The van der Waals surface area contributed by atoms with Crippen LogP contribution in [0.3, 0.4) is 0 Å². The van der Waals surface area contributed by atoms with Crippen LogP contribution in [0, 0.1) is 5.82 Å². The minimum atomic E-state index is -0.531. The van der Waals surface area contributed by atoms with Crippen molar-refractivity contribution in [2.24, 2.45) is 0 Å². The molecule has 0 aromatic heterocycles. The van der Waals surface area contributed by atoms with E-state index in [9.17, 15) is 9.18 Å². The fourth-order valence-corrected chi connectivity index (χ4v) is 2.19. The Morgan fingerprint density at radius 2 is 1.95 bits per heavy atom. The third kappa shape index (κ3) is 3.58. The fraction of sp³-hybridized carbons (Fsp3) is 0.188. The van der Waals surface area contributed by atoms with Gasteiger partial charge in [-0.2, -0.15) is 0 Å². The third-order valence-electron chi connectivity index (χ3n) is 3.09. The average molecular weight is 293 g/mol. The Bertz CT molecular complexity index is 596. The van der Waals surface area contributed by atoms with E-state index in [4.69, 9.17) is 16.3 Å². The van der Waals surface area contributed by atoms with Crippen molar-refractivity contribution in [3.63, 3.8) is 0 Å². The summed E-state index contributed by atoms with van der Waals surface area (Å²) in [5, 5.41) is 0.633. The summed E-state index contributed by atoms with van der Waals surface area (Å²) >= 11 is 5.83. The quantitative estimate of drug-likeness (QED) is 0.797. The van der Waals surface area contributed by atoms with E-state index in [1.807, 2.05) is 12.1 Å². The molecule has 2 rings (SSSR count). The molecular weight excluding hydrogens is 279 g/mol. The first-order valence-electron chi connectivity index (χ1n) is 6.18. The number of halogens is 2. The number of hydrogen-bond acceptors (Lipinski definition) is 2. The number of rotatable bonds is 4. The van der Waals surface area contributed by atoms with Gasteiger partial charge in [-0.3, -0.25) is 4.79 Å². The molecule has 0 saturated carbocycles. The summed E-state index contributed by atoms with van der Waals surface area (Å²) in [6.45, 7) is 0. The normalized spacial score (nSPS) is 11.9. The second-order valence-electron chi connectivity index (χ2n) is 4.46. The first kappa shape index (κ1) is 14.5. The zero-order valence-electron chi connectivity index (χ0n) is 11.0. The molecule has 20 heavy (non-hydrogen) atoms. The van der Waals surface area contributed by atoms with Gasteiger partial charge >= 0.3 is 5.97 Å². The van der Waals surface area contributed by atoms with Gasteiger partial charge in [0.25, 0.3) is 0 Å². The minimum absolute atomic E-state index is 0.368. The van der Waals surface area contributed by atoms with Crippen molar-refractivity contribution >= 4 is 17.6 Å². The Morgan fingerprint density at radius 1 is 1.25 bits per heavy atom. The molecule has 0 spiro atoms. The van der Waals surface area contributed by atoms with Crippen molar-refractivity contribution in [1.29, 1.82) is 0 Å². The highest BCUT2D eigenvalue weighted by atomic mass is 35.5. The van der Waals surface area contributed by atoms with Gasteiger partial charge in [-0.25, -0.2) is 4.39 Å². The van der Waals surface area contributed by atoms with Crippen LogP contribution in [0.4, 0.5) is 4.39 Å². The van der Waals surface area contributed by atoms with E-state index in [1.54, 1.807) is 24.3 Å². The van der Waals surface area contributed by atoms with E-state index in [1.165, 1.54) is 19.2 Å². The van der Waals surface area contributed by atoms with Crippen LogP contribution in [-0.4, -0.2) is 13.1 Å². The van der Waals surface area contributed by atoms with Crippen LogP contribution in [0.15, 0.2) is 48.5 Å². The molecular formula is C16H14ClFO2. The molecule has 104 valence electrons. The number of benzene rings is 2. The van der Waals surface area contributed by atoms with E-state index in [0.717, 1.165) is 5.56 Å². The number of carbonyl (C=O) groups excluding carboxylic acids is 1. The van der Waals surface area contributed by atoms with Crippen molar-refractivity contribution in [3.05, 3.63) is 70.5 Å². The minimum Gasteiger partial charge on any atom is -0.469 e. The second-order valence-corrected chi connectivity index (χ2v) is 4.90. The highest BCUT2D eigenvalue weighted by molar-refractivity contribution is 6.30. The van der Waals surface area contributed by atoms with Gasteiger partial charge < -0.3 is 4.74 Å². The fourth-order valence-electron chi connectivity index (χ4n) is 2.06. The molecule has 4 heteroatoms. The maximum absolute atomic E-state index is 13.3. The van der Waals surface area contributed by atoms with Crippen LogP contribution in [0.25, 0.3) is 0 Å². The van der Waals surface area contributed by atoms with Crippen LogP contribution in [-0.2, 0) is 16.0 Å². The highest BCUT2D eigenvalue weighted by Gasteiger charge is 2.22. The zero-order valence-corrected chi connectivity index (χ0v) is 11.7. The molecule has 2 aromatic carbocycles. The topological polar surface area (TPSA) is 26.3 Å². The van der Waals surface area contributed by atoms with Gasteiger partial charge in [-0.05, 0) is 41.8 Å². The first-order valence-corrected chi connectivity index (χ1v) is 6.55. The molecule has 0 heterocycles. The van der Waals surface area contributed by atoms with Crippen molar-refractivity contribution in [1.82, 2.24) is 0 Å². The predicted octanol–water partition coefficient (Wildman–Crippen LogP) is 3.98. The van der Waals surface area contributed by atoms with E-state index >= 15 is 0 Å². The number of ether oxygens (including phenoxy) is 1. The number of esters is 1. The van der Waals surface area contributed by atoms with Gasteiger partial charge in [0, 0.05) is 5.02 Å². The smallest absolute Gasteiger partial charge is 0.313 e. The molecule has 0 unspecified atom stereocenters. The SMILES string of the molecule is COC(=O)[C@@H](Cc1ccc(Cl)cc1)c1cccc(F)c1. The average Bonchev–Trinajstić information content (AvgIpc) is 2.46. The van der Waals surface area contributed by atoms with E-state index < -0.39 is 5.92 Å². The standard InChI is InChI=1S/C16H14ClFO2/c1-20-16(19)15(12-3-2-4-14(18)10-12)9-11-5-7-13(17)8-6-11/h2-8,10,15H,9H2,1H3/t15-/m0/s1. The molecule has 1 atom stereocenters. The van der Waals surface area contributed by atoms with Gasteiger partial charge in [0.15, 0.2) is 0 Å². The maximum Gasteiger partial charge on any atom is 0.313 e. The molecule has 0 fully saturated rings. The number of hydrogen-bond donors (Lipinski definition) is 0. The number of methoxy groups -OCH3 is 1. The molecule has 0 amide bonds. The van der Waals surface area contributed by atoms with E-state index in [0.29, 0.717) is 17.0 Å². The Morgan fingerprint density at radius 3 is 2.55 bits per heavy atom. The maximum atomic E-state index is 13.3. The summed E-state index contributed by atoms with van der Waals surface area (Å²) in [7, 11) is 1.33. The van der Waals surface area contributed by atoms with Crippen LogP contribution >= 0.6 is 11.6 Å². The van der Waals surface area contributed by atoms with Crippen LogP contribution < -0.4 is 0 Å². The van der Waals surface area contributed by atoms with Crippen molar-refractivity contribution in [2.45, 2.75) is 12.3 Å².